The number of fused-ring (bicyclic) bond motifs is 1. The summed E-state index contributed by atoms with van der Waals surface area (Å²) in [6, 6.07) is 6.83. The molecule has 2 aromatic carbocycles. The van der Waals surface area contributed by atoms with E-state index in [0.29, 0.717) is 21.0 Å². The van der Waals surface area contributed by atoms with Crippen molar-refractivity contribution >= 4 is 67.3 Å². The molecule has 12 heteroatoms. The Morgan fingerprint density at radius 1 is 1.06 bits per heavy atom. The highest BCUT2D eigenvalue weighted by molar-refractivity contribution is 8.13. The Kier molecular flexibility index (Phi) is 6.20. The third-order valence-electron chi connectivity index (χ3n) is 5.01. The number of rotatable bonds is 3. The fourth-order valence-corrected chi connectivity index (χ4v) is 7.30. The summed E-state index contributed by atoms with van der Waals surface area (Å²) in [7, 11) is -3.36. The minimum absolute atomic E-state index is 0.0783. The molecule has 0 spiro atoms. The van der Waals surface area contributed by atoms with Crippen molar-refractivity contribution in [3.63, 3.8) is 0 Å². The zero-order chi connectivity index (χ0) is 22.6. The molecule has 166 valence electrons. The second-order valence-corrected chi connectivity index (χ2v) is 11.5. The summed E-state index contributed by atoms with van der Waals surface area (Å²) >= 11 is 19.6. The van der Waals surface area contributed by atoms with Crippen LogP contribution in [0.4, 0.5) is 18.9 Å². The largest absolute Gasteiger partial charge is 0.416 e. The predicted octanol–water partition coefficient (Wildman–Crippen LogP) is 5.94. The van der Waals surface area contributed by atoms with Gasteiger partial charge < -0.3 is 4.90 Å². The molecule has 0 bridgehead atoms. The van der Waals surface area contributed by atoms with Gasteiger partial charge in [0.1, 0.15) is 0 Å². The molecule has 0 radical (unpaired) electrons. The van der Waals surface area contributed by atoms with E-state index in [0.717, 1.165) is 23.8 Å². The van der Waals surface area contributed by atoms with E-state index in [1.807, 2.05) is 0 Å². The minimum atomic E-state index is -4.57. The molecule has 0 saturated carbocycles. The van der Waals surface area contributed by atoms with Gasteiger partial charge in [-0.1, -0.05) is 52.6 Å². The van der Waals surface area contributed by atoms with Crippen molar-refractivity contribution in [1.82, 2.24) is 0 Å². The van der Waals surface area contributed by atoms with Crippen LogP contribution in [0.3, 0.4) is 0 Å². The standard InChI is InChI=1S/C19H14Cl3F3N2O2S2/c20-12-3-1-10(14(22)6-12)7-30-18-26-15-8-31(28,29)9-17(15)27(18)16-5-11(19(23,24)25)2-4-13(16)21/h1-6,15,17H,7-9H2/t15-,17-/m0/s1. The number of aliphatic imine (C=N–C) groups is 1. The number of nitrogens with zero attached hydrogens (tertiary/aromatic N) is 2. The van der Waals surface area contributed by atoms with Gasteiger partial charge in [0.25, 0.3) is 0 Å². The fourth-order valence-electron chi connectivity index (χ4n) is 3.57. The van der Waals surface area contributed by atoms with E-state index in [4.69, 9.17) is 34.8 Å². The van der Waals surface area contributed by atoms with Crippen molar-refractivity contribution in [2.75, 3.05) is 16.4 Å². The number of sulfone groups is 1. The van der Waals surface area contributed by atoms with E-state index in [1.54, 1.807) is 18.2 Å². The lowest BCUT2D eigenvalue weighted by Gasteiger charge is -2.28. The van der Waals surface area contributed by atoms with Gasteiger partial charge in [-0.25, -0.2) is 8.42 Å². The van der Waals surface area contributed by atoms with Gasteiger partial charge in [0.05, 0.1) is 39.9 Å². The van der Waals surface area contributed by atoms with Gasteiger partial charge in [-0.05, 0) is 35.9 Å². The summed E-state index contributed by atoms with van der Waals surface area (Å²) in [6.45, 7) is 0. The normalized spacial score (nSPS) is 22.5. The quantitative estimate of drug-likeness (QED) is 0.494. The monoisotopic (exact) mass is 528 g/mol. The average molecular weight is 530 g/mol. The summed E-state index contributed by atoms with van der Waals surface area (Å²) in [6.07, 6.45) is -4.57. The lowest BCUT2D eigenvalue weighted by atomic mass is 10.1. The number of hydrogen-bond donors (Lipinski definition) is 0. The second-order valence-electron chi connectivity index (χ2n) is 7.18. The van der Waals surface area contributed by atoms with Crippen LogP contribution in [0.25, 0.3) is 0 Å². The Balaban J connectivity index is 1.70. The maximum absolute atomic E-state index is 13.3. The molecule has 0 aromatic heterocycles. The van der Waals surface area contributed by atoms with Crippen LogP contribution in [-0.4, -0.2) is 37.2 Å². The Hall–Kier alpha value is -1.13. The summed E-state index contributed by atoms with van der Waals surface area (Å²) < 4.78 is 64.2. The third-order valence-corrected chi connectivity index (χ3v) is 8.63. The molecular formula is C19H14Cl3F3N2O2S2. The fraction of sp³-hybridized carbons (Fsp3) is 0.316. The van der Waals surface area contributed by atoms with Crippen LogP contribution >= 0.6 is 46.6 Å². The second kappa shape index (κ2) is 8.33. The van der Waals surface area contributed by atoms with Crippen molar-refractivity contribution < 1.29 is 21.6 Å². The van der Waals surface area contributed by atoms with Gasteiger partial charge in [0, 0.05) is 15.8 Å². The molecule has 1 fully saturated rings. The van der Waals surface area contributed by atoms with Crippen LogP contribution in [0.5, 0.6) is 0 Å². The zero-order valence-electron chi connectivity index (χ0n) is 15.5. The van der Waals surface area contributed by atoms with Crippen molar-refractivity contribution in [2.24, 2.45) is 4.99 Å². The third kappa shape index (κ3) is 4.80. The minimum Gasteiger partial charge on any atom is -0.313 e. The topological polar surface area (TPSA) is 49.7 Å². The average Bonchev–Trinajstić information content (AvgIpc) is 3.11. The molecule has 4 nitrogen and oxygen atoms in total. The summed E-state index contributed by atoms with van der Waals surface area (Å²) in [5.41, 5.74) is -0.0330. The number of anilines is 1. The molecule has 2 aromatic rings. The van der Waals surface area contributed by atoms with Crippen LogP contribution in [0.1, 0.15) is 11.1 Å². The molecule has 2 heterocycles. The van der Waals surface area contributed by atoms with Gasteiger partial charge >= 0.3 is 6.18 Å². The first-order chi connectivity index (χ1) is 14.4. The van der Waals surface area contributed by atoms with E-state index in [-0.39, 0.29) is 22.2 Å². The summed E-state index contributed by atoms with van der Waals surface area (Å²) in [5, 5.41) is 1.41. The number of hydrogen-bond acceptors (Lipinski definition) is 5. The molecule has 0 amide bonds. The highest BCUT2D eigenvalue weighted by Gasteiger charge is 2.48. The first-order valence-corrected chi connectivity index (χ1v) is 12.9. The molecule has 2 aliphatic rings. The van der Waals surface area contributed by atoms with Crippen molar-refractivity contribution in [3.8, 4) is 0 Å². The number of benzene rings is 2. The number of alkyl halides is 3. The van der Waals surface area contributed by atoms with Gasteiger partial charge in [-0.2, -0.15) is 13.2 Å². The van der Waals surface area contributed by atoms with Crippen LogP contribution in [0, 0.1) is 0 Å². The molecule has 2 atom stereocenters. The molecule has 31 heavy (non-hydrogen) atoms. The van der Waals surface area contributed by atoms with Crippen molar-refractivity contribution in [2.45, 2.75) is 24.0 Å². The van der Waals surface area contributed by atoms with Gasteiger partial charge in [-0.3, -0.25) is 4.99 Å². The summed E-state index contributed by atoms with van der Waals surface area (Å²) in [5.74, 6) is 0.00408. The van der Waals surface area contributed by atoms with E-state index < -0.39 is 33.7 Å². The van der Waals surface area contributed by atoms with E-state index >= 15 is 0 Å². The van der Waals surface area contributed by atoms with Crippen LogP contribution in [0.15, 0.2) is 41.4 Å². The lowest BCUT2D eigenvalue weighted by Crippen LogP contribution is -2.39. The SMILES string of the molecule is O=S1(=O)C[C@@H]2N=C(SCc3ccc(Cl)cc3Cl)N(c3cc(C(F)(F)F)ccc3Cl)[C@H]2C1. The molecule has 4 rings (SSSR count). The maximum atomic E-state index is 13.3. The summed E-state index contributed by atoms with van der Waals surface area (Å²) in [4.78, 5) is 6.03. The molecular weight excluding hydrogens is 516 g/mol. The Morgan fingerprint density at radius 3 is 2.48 bits per heavy atom. The van der Waals surface area contributed by atoms with Crippen LogP contribution in [-0.2, 0) is 21.8 Å². The molecule has 0 aliphatic carbocycles. The zero-order valence-corrected chi connectivity index (χ0v) is 19.4. The Bertz CT molecular complexity index is 1170. The van der Waals surface area contributed by atoms with E-state index in [2.05, 4.69) is 4.99 Å². The first kappa shape index (κ1) is 23.0. The smallest absolute Gasteiger partial charge is 0.313 e. The number of thioether (sulfide) groups is 1. The lowest BCUT2D eigenvalue weighted by molar-refractivity contribution is -0.137. The van der Waals surface area contributed by atoms with Gasteiger partial charge in [0.2, 0.25) is 0 Å². The number of halogens is 6. The van der Waals surface area contributed by atoms with E-state index in [9.17, 15) is 21.6 Å². The van der Waals surface area contributed by atoms with Crippen molar-refractivity contribution in [3.05, 3.63) is 62.6 Å². The van der Waals surface area contributed by atoms with Crippen molar-refractivity contribution in [1.29, 1.82) is 0 Å². The highest BCUT2D eigenvalue weighted by Crippen LogP contribution is 2.42. The van der Waals surface area contributed by atoms with E-state index in [1.165, 1.54) is 16.7 Å². The first-order valence-electron chi connectivity index (χ1n) is 8.95. The maximum Gasteiger partial charge on any atom is 0.416 e. The molecule has 2 aliphatic heterocycles. The Morgan fingerprint density at radius 2 is 1.81 bits per heavy atom. The predicted molar refractivity (Wildman–Crippen MR) is 120 cm³/mol. The van der Waals surface area contributed by atoms with Gasteiger partial charge in [-0.15, -0.1) is 0 Å². The number of amidine groups is 1. The highest BCUT2D eigenvalue weighted by atomic mass is 35.5. The van der Waals surface area contributed by atoms with Crippen LogP contribution < -0.4 is 4.90 Å². The molecule has 0 unspecified atom stereocenters. The van der Waals surface area contributed by atoms with Crippen LogP contribution in [0.2, 0.25) is 15.1 Å². The molecule has 1 saturated heterocycles. The Labute approximate surface area is 196 Å². The molecule has 0 N–H and O–H groups in total. The van der Waals surface area contributed by atoms with Gasteiger partial charge in [0.15, 0.2) is 15.0 Å².